The second-order valence-electron chi connectivity index (χ2n) is 11.9. The van der Waals surface area contributed by atoms with Crippen molar-refractivity contribution in [2.45, 2.75) is 85.2 Å². The molecule has 2 unspecified atom stereocenters. The van der Waals surface area contributed by atoms with Gasteiger partial charge in [0.1, 0.15) is 5.60 Å². The monoisotopic (exact) mass is 552 g/mol. The van der Waals surface area contributed by atoms with Gasteiger partial charge in [-0.2, -0.15) is 11.8 Å². The Kier molecular flexibility index (Phi) is 13.1. The predicted octanol–water partition coefficient (Wildman–Crippen LogP) is 5.12. The number of carbonyl (C=O) groups is 3. The van der Waals surface area contributed by atoms with Crippen LogP contribution in [0.4, 0.5) is 4.79 Å². The standard InChI is InChI=1S/C29H48N2O6S/c1-21(24(33)36-9)18-22-12-10-13-23(19-22)29(7,15-11-14-28(5,6)20-38-17-16-32)25(34)30-31(8)26(35)37-27(2,3)4/h10,12-13,19,21,32H,11,14-18,20H2,1-9H3,(H,30,34). The van der Waals surface area contributed by atoms with E-state index < -0.39 is 17.1 Å². The Balaban J connectivity index is 3.19. The highest BCUT2D eigenvalue weighted by Gasteiger charge is 2.37. The molecule has 2 amide bonds. The summed E-state index contributed by atoms with van der Waals surface area (Å²) in [6, 6.07) is 7.72. The van der Waals surface area contributed by atoms with Gasteiger partial charge in [0.2, 0.25) is 5.91 Å². The summed E-state index contributed by atoms with van der Waals surface area (Å²) >= 11 is 1.72. The smallest absolute Gasteiger partial charge is 0.428 e. The van der Waals surface area contributed by atoms with Crippen molar-refractivity contribution in [2.75, 3.05) is 32.3 Å². The number of carbonyl (C=O) groups excluding carboxylic acids is 3. The van der Waals surface area contributed by atoms with Crippen molar-refractivity contribution < 1.29 is 29.0 Å². The molecule has 0 aliphatic heterocycles. The SMILES string of the molecule is COC(=O)C(C)Cc1cccc(C(C)(CCCC(C)(C)CSCCO)C(=O)NN(C)C(=O)OC(C)(C)C)c1. The van der Waals surface area contributed by atoms with Crippen molar-refractivity contribution in [3.8, 4) is 0 Å². The molecule has 216 valence electrons. The highest BCUT2D eigenvalue weighted by Crippen LogP contribution is 2.35. The minimum atomic E-state index is -0.935. The molecule has 2 N–H and O–H groups in total. The molecule has 0 saturated carbocycles. The van der Waals surface area contributed by atoms with Gasteiger partial charge in [0, 0.05) is 12.8 Å². The quantitative estimate of drug-likeness (QED) is 0.199. The Morgan fingerprint density at radius 1 is 1.11 bits per heavy atom. The number of amides is 2. The topological polar surface area (TPSA) is 105 Å². The van der Waals surface area contributed by atoms with Gasteiger partial charge in [0.25, 0.3) is 0 Å². The van der Waals surface area contributed by atoms with Crippen LogP contribution in [-0.2, 0) is 30.9 Å². The number of rotatable bonds is 13. The number of nitrogens with zero attached hydrogens (tertiary/aromatic N) is 1. The Hall–Kier alpha value is -2.26. The van der Waals surface area contributed by atoms with Gasteiger partial charge in [-0.25, -0.2) is 9.80 Å². The molecule has 0 bridgehead atoms. The number of aliphatic hydroxyl groups excluding tert-OH is 1. The lowest BCUT2D eigenvalue weighted by Gasteiger charge is -2.33. The molecule has 9 heteroatoms. The summed E-state index contributed by atoms with van der Waals surface area (Å²) in [5.74, 6) is 0.717. The van der Waals surface area contributed by atoms with Crippen molar-refractivity contribution in [3.63, 3.8) is 0 Å². The van der Waals surface area contributed by atoms with E-state index >= 15 is 0 Å². The fourth-order valence-corrected chi connectivity index (χ4v) is 5.10. The average Bonchev–Trinajstić information content (AvgIpc) is 2.82. The van der Waals surface area contributed by atoms with Crippen LogP contribution >= 0.6 is 11.8 Å². The summed E-state index contributed by atoms with van der Waals surface area (Å²) in [7, 11) is 2.85. The summed E-state index contributed by atoms with van der Waals surface area (Å²) in [4.78, 5) is 38.2. The van der Waals surface area contributed by atoms with Crippen molar-refractivity contribution in [1.29, 1.82) is 0 Å². The molecule has 0 fully saturated rings. The van der Waals surface area contributed by atoms with Crippen molar-refractivity contribution in [2.24, 2.45) is 11.3 Å². The van der Waals surface area contributed by atoms with E-state index in [0.29, 0.717) is 18.6 Å². The number of esters is 1. The number of aliphatic hydroxyl groups is 1. The Bertz CT molecular complexity index is 930. The molecule has 1 aromatic carbocycles. The van der Waals surface area contributed by atoms with Gasteiger partial charge in [-0.05, 0) is 69.3 Å². The molecule has 1 rings (SSSR count). The number of methoxy groups -OCH3 is 1. The maximum absolute atomic E-state index is 13.7. The number of hydrogen-bond donors (Lipinski definition) is 2. The van der Waals surface area contributed by atoms with Crippen LogP contribution in [0.5, 0.6) is 0 Å². The van der Waals surface area contributed by atoms with E-state index in [1.54, 1.807) is 32.5 Å². The molecular formula is C29H48N2O6S. The van der Waals surface area contributed by atoms with Gasteiger partial charge in [0.15, 0.2) is 0 Å². The molecule has 2 atom stereocenters. The lowest BCUT2D eigenvalue weighted by Crippen LogP contribution is -2.52. The number of benzene rings is 1. The van der Waals surface area contributed by atoms with Gasteiger partial charge < -0.3 is 14.6 Å². The molecule has 0 heterocycles. The molecule has 0 radical (unpaired) electrons. The zero-order chi connectivity index (χ0) is 29.1. The number of hydrazine groups is 1. The molecule has 38 heavy (non-hydrogen) atoms. The van der Waals surface area contributed by atoms with Gasteiger partial charge in [-0.15, -0.1) is 0 Å². The van der Waals surface area contributed by atoms with E-state index in [1.807, 2.05) is 38.1 Å². The van der Waals surface area contributed by atoms with Gasteiger partial charge in [-0.3, -0.25) is 15.0 Å². The van der Waals surface area contributed by atoms with Crippen LogP contribution in [0, 0.1) is 11.3 Å². The van der Waals surface area contributed by atoms with Crippen LogP contribution < -0.4 is 5.43 Å². The fraction of sp³-hybridized carbons (Fsp3) is 0.690. The van der Waals surface area contributed by atoms with Crippen LogP contribution in [0.1, 0.15) is 78.9 Å². The highest BCUT2D eigenvalue weighted by molar-refractivity contribution is 7.99. The minimum Gasteiger partial charge on any atom is -0.469 e. The Morgan fingerprint density at radius 3 is 2.34 bits per heavy atom. The van der Waals surface area contributed by atoms with Crippen LogP contribution in [0.25, 0.3) is 0 Å². The zero-order valence-corrected chi connectivity index (χ0v) is 25.5. The van der Waals surface area contributed by atoms with Crippen LogP contribution in [-0.4, -0.2) is 66.0 Å². The van der Waals surface area contributed by atoms with Crippen LogP contribution in [0.15, 0.2) is 24.3 Å². The third kappa shape index (κ3) is 11.2. The average molecular weight is 553 g/mol. The molecule has 0 aliphatic carbocycles. The number of hydrogen-bond acceptors (Lipinski definition) is 7. The summed E-state index contributed by atoms with van der Waals surface area (Å²) in [5, 5.41) is 10.2. The van der Waals surface area contributed by atoms with Crippen LogP contribution in [0.2, 0.25) is 0 Å². The first-order valence-electron chi connectivity index (χ1n) is 13.2. The molecule has 0 saturated heterocycles. The van der Waals surface area contributed by atoms with Crippen molar-refractivity contribution in [3.05, 3.63) is 35.4 Å². The fourth-order valence-electron chi connectivity index (χ4n) is 4.13. The Labute approximate surface area is 233 Å². The third-order valence-corrected chi connectivity index (χ3v) is 7.86. The van der Waals surface area contributed by atoms with Crippen LogP contribution in [0.3, 0.4) is 0 Å². The molecule has 0 spiro atoms. The van der Waals surface area contributed by atoms with Gasteiger partial charge in [0.05, 0.1) is 25.0 Å². The maximum atomic E-state index is 13.7. The Morgan fingerprint density at radius 2 is 1.76 bits per heavy atom. The number of ether oxygens (including phenoxy) is 2. The maximum Gasteiger partial charge on any atom is 0.428 e. The predicted molar refractivity (Wildman–Crippen MR) is 153 cm³/mol. The first-order valence-corrected chi connectivity index (χ1v) is 14.3. The number of thioether (sulfide) groups is 1. The second kappa shape index (κ2) is 14.8. The van der Waals surface area contributed by atoms with E-state index in [2.05, 4.69) is 19.3 Å². The van der Waals surface area contributed by atoms with E-state index in [1.165, 1.54) is 14.2 Å². The third-order valence-electron chi connectivity index (χ3n) is 6.41. The lowest BCUT2D eigenvalue weighted by atomic mass is 9.75. The zero-order valence-electron chi connectivity index (χ0n) is 24.7. The van der Waals surface area contributed by atoms with Crippen molar-refractivity contribution >= 4 is 29.7 Å². The van der Waals surface area contributed by atoms with Crippen molar-refractivity contribution in [1.82, 2.24) is 10.4 Å². The first kappa shape index (κ1) is 33.8. The summed E-state index contributed by atoms with van der Waals surface area (Å²) in [6.07, 6.45) is 2.09. The van der Waals surface area contributed by atoms with Gasteiger partial charge >= 0.3 is 12.1 Å². The highest BCUT2D eigenvalue weighted by atomic mass is 32.2. The lowest BCUT2D eigenvalue weighted by molar-refractivity contribution is -0.144. The number of nitrogens with one attached hydrogen (secondary N) is 1. The van der Waals surface area contributed by atoms with E-state index in [0.717, 1.165) is 34.7 Å². The summed E-state index contributed by atoms with van der Waals surface area (Å²) in [5.41, 5.74) is 2.90. The molecule has 0 aromatic heterocycles. The van der Waals surface area contributed by atoms with Gasteiger partial charge in [-0.1, -0.05) is 51.5 Å². The summed E-state index contributed by atoms with van der Waals surface area (Å²) < 4.78 is 10.3. The molecule has 8 nitrogen and oxygen atoms in total. The van der Waals surface area contributed by atoms with E-state index in [9.17, 15) is 14.4 Å². The summed E-state index contributed by atoms with van der Waals surface area (Å²) in [6.45, 7) is 13.6. The van der Waals surface area contributed by atoms with E-state index in [4.69, 9.17) is 14.6 Å². The molecular weight excluding hydrogens is 504 g/mol. The largest absolute Gasteiger partial charge is 0.469 e. The minimum absolute atomic E-state index is 0.0440. The molecule has 0 aliphatic rings. The molecule has 1 aromatic rings. The first-order chi connectivity index (χ1) is 17.5. The normalized spacial score (nSPS) is 14.3. The van der Waals surface area contributed by atoms with E-state index in [-0.39, 0.29) is 29.8 Å². The second-order valence-corrected chi connectivity index (χ2v) is 13.0.